The molecular weight excluding hydrogens is 218 g/mol. The summed E-state index contributed by atoms with van der Waals surface area (Å²) in [6.45, 7) is 6.33. The summed E-state index contributed by atoms with van der Waals surface area (Å²) in [6, 6.07) is 3.74. The first kappa shape index (κ1) is 11.6. The lowest BCUT2D eigenvalue weighted by Crippen LogP contribution is -2.09. The van der Waals surface area contributed by atoms with Crippen LogP contribution in [-0.2, 0) is 11.3 Å². The Labute approximate surface area is 99.1 Å². The van der Waals surface area contributed by atoms with Crippen LogP contribution < -0.4 is 0 Å². The zero-order valence-corrected chi connectivity index (χ0v) is 10.1. The van der Waals surface area contributed by atoms with Gasteiger partial charge in [0.2, 0.25) is 0 Å². The monoisotopic (exact) mass is 233 g/mol. The fraction of sp³-hybridized carbons (Fsp3) is 0.417. The number of carboxylic acid groups (broad SMARTS) is 1. The molecule has 0 aliphatic carbocycles. The van der Waals surface area contributed by atoms with E-state index in [9.17, 15) is 4.79 Å². The third kappa shape index (κ3) is 1.77. The maximum absolute atomic E-state index is 11.0. The lowest BCUT2D eigenvalue weighted by molar-refractivity contribution is -0.138. The molecule has 1 atom stereocenters. The first-order valence-electron chi connectivity index (χ1n) is 5.61. The molecule has 1 heterocycles. The van der Waals surface area contributed by atoms with Crippen molar-refractivity contribution in [3.05, 3.63) is 23.3 Å². The SMILES string of the molecule is CCn1nnc2c(C)c(C(C)C(=O)O)ccc21. The summed E-state index contributed by atoms with van der Waals surface area (Å²) in [7, 11) is 0. The normalized spacial score (nSPS) is 12.9. The number of hydrogen-bond acceptors (Lipinski definition) is 3. The Hall–Kier alpha value is -1.91. The number of carbonyl (C=O) groups is 1. The predicted octanol–water partition coefficient (Wildman–Crippen LogP) is 1.95. The van der Waals surface area contributed by atoms with E-state index in [1.54, 1.807) is 11.6 Å². The summed E-state index contributed by atoms with van der Waals surface area (Å²) in [5.41, 5.74) is 3.44. The smallest absolute Gasteiger partial charge is 0.310 e. The van der Waals surface area contributed by atoms with E-state index in [2.05, 4.69) is 10.3 Å². The summed E-state index contributed by atoms with van der Waals surface area (Å²) in [4.78, 5) is 11.0. The van der Waals surface area contributed by atoms with Crippen molar-refractivity contribution in [3.63, 3.8) is 0 Å². The van der Waals surface area contributed by atoms with E-state index >= 15 is 0 Å². The highest BCUT2D eigenvalue weighted by molar-refractivity contribution is 5.83. The second-order valence-corrected chi connectivity index (χ2v) is 4.11. The van der Waals surface area contributed by atoms with Crippen molar-refractivity contribution in [3.8, 4) is 0 Å². The fourth-order valence-electron chi connectivity index (χ4n) is 2.02. The Morgan fingerprint density at radius 3 is 2.82 bits per heavy atom. The van der Waals surface area contributed by atoms with Crippen molar-refractivity contribution < 1.29 is 9.90 Å². The van der Waals surface area contributed by atoms with Crippen LogP contribution in [0.25, 0.3) is 11.0 Å². The van der Waals surface area contributed by atoms with E-state index < -0.39 is 11.9 Å². The number of aryl methyl sites for hydroxylation is 2. The lowest BCUT2D eigenvalue weighted by atomic mass is 9.95. The van der Waals surface area contributed by atoms with Gasteiger partial charge in [-0.3, -0.25) is 4.79 Å². The summed E-state index contributed by atoms with van der Waals surface area (Å²) < 4.78 is 1.80. The van der Waals surface area contributed by atoms with Crippen LogP contribution in [0, 0.1) is 6.92 Å². The van der Waals surface area contributed by atoms with E-state index in [0.717, 1.165) is 28.7 Å². The van der Waals surface area contributed by atoms with Crippen molar-refractivity contribution in [1.29, 1.82) is 0 Å². The van der Waals surface area contributed by atoms with Crippen molar-refractivity contribution in [2.24, 2.45) is 0 Å². The van der Waals surface area contributed by atoms with Crippen molar-refractivity contribution in [2.75, 3.05) is 0 Å². The molecule has 0 fully saturated rings. The van der Waals surface area contributed by atoms with Gasteiger partial charge >= 0.3 is 5.97 Å². The quantitative estimate of drug-likeness (QED) is 0.879. The number of aliphatic carboxylic acids is 1. The van der Waals surface area contributed by atoms with Crippen LogP contribution in [0.15, 0.2) is 12.1 Å². The molecule has 5 heteroatoms. The standard InChI is InChI=1S/C12H15N3O2/c1-4-15-10-6-5-9(8(3)12(16)17)7(2)11(10)13-14-15/h5-6,8H,4H2,1-3H3,(H,16,17). The third-order valence-corrected chi connectivity index (χ3v) is 3.12. The van der Waals surface area contributed by atoms with Crippen LogP contribution in [0.5, 0.6) is 0 Å². The first-order chi connectivity index (χ1) is 8.06. The second kappa shape index (κ2) is 4.16. The van der Waals surface area contributed by atoms with Gasteiger partial charge in [-0.15, -0.1) is 5.10 Å². The van der Waals surface area contributed by atoms with Crippen LogP contribution >= 0.6 is 0 Å². The molecule has 0 bridgehead atoms. The number of benzene rings is 1. The fourth-order valence-corrected chi connectivity index (χ4v) is 2.02. The number of aromatic nitrogens is 3. The maximum Gasteiger partial charge on any atom is 0.310 e. The Morgan fingerprint density at radius 2 is 2.24 bits per heavy atom. The molecule has 0 aliphatic heterocycles. The number of carboxylic acids is 1. The second-order valence-electron chi connectivity index (χ2n) is 4.11. The molecular formula is C12H15N3O2. The molecule has 1 unspecified atom stereocenters. The minimum Gasteiger partial charge on any atom is -0.481 e. The van der Waals surface area contributed by atoms with E-state index in [0.29, 0.717) is 0 Å². The highest BCUT2D eigenvalue weighted by Gasteiger charge is 2.18. The van der Waals surface area contributed by atoms with Crippen molar-refractivity contribution in [1.82, 2.24) is 15.0 Å². The number of hydrogen-bond donors (Lipinski definition) is 1. The van der Waals surface area contributed by atoms with Gasteiger partial charge in [0.25, 0.3) is 0 Å². The molecule has 0 spiro atoms. The Balaban J connectivity index is 2.62. The van der Waals surface area contributed by atoms with Crippen LogP contribution in [0.1, 0.15) is 30.9 Å². The summed E-state index contributed by atoms with van der Waals surface area (Å²) >= 11 is 0. The maximum atomic E-state index is 11.0. The number of rotatable bonds is 3. The van der Waals surface area contributed by atoms with Crippen LogP contribution in [0.4, 0.5) is 0 Å². The average molecular weight is 233 g/mol. The molecule has 0 aliphatic rings. The summed E-state index contributed by atoms with van der Waals surface area (Å²) in [6.07, 6.45) is 0. The zero-order chi connectivity index (χ0) is 12.6. The molecule has 5 nitrogen and oxygen atoms in total. The van der Waals surface area contributed by atoms with Gasteiger partial charge < -0.3 is 5.11 Å². The molecule has 1 aromatic carbocycles. The minimum atomic E-state index is -0.824. The molecule has 0 amide bonds. The largest absolute Gasteiger partial charge is 0.481 e. The van der Waals surface area contributed by atoms with Crippen molar-refractivity contribution in [2.45, 2.75) is 33.2 Å². The van der Waals surface area contributed by atoms with Gasteiger partial charge in [-0.25, -0.2) is 4.68 Å². The third-order valence-electron chi connectivity index (χ3n) is 3.12. The zero-order valence-electron chi connectivity index (χ0n) is 10.1. The Bertz CT molecular complexity index is 574. The van der Waals surface area contributed by atoms with Gasteiger partial charge in [0.05, 0.1) is 11.4 Å². The number of fused-ring (bicyclic) bond motifs is 1. The Kier molecular flexibility index (Phi) is 2.83. The molecule has 1 aromatic heterocycles. The molecule has 0 radical (unpaired) electrons. The van der Waals surface area contributed by atoms with E-state index in [4.69, 9.17) is 5.11 Å². The number of nitrogens with zero attached hydrogens (tertiary/aromatic N) is 3. The van der Waals surface area contributed by atoms with E-state index in [1.165, 1.54) is 0 Å². The van der Waals surface area contributed by atoms with Crippen molar-refractivity contribution >= 4 is 17.0 Å². The highest BCUT2D eigenvalue weighted by Crippen LogP contribution is 2.25. The van der Waals surface area contributed by atoms with E-state index in [-0.39, 0.29) is 0 Å². The molecule has 0 saturated heterocycles. The summed E-state index contributed by atoms with van der Waals surface area (Å²) in [5, 5.41) is 17.2. The predicted molar refractivity (Wildman–Crippen MR) is 64.0 cm³/mol. The lowest BCUT2D eigenvalue weighted by Gasteiger charge is -2.10. The van der Waals surface area contributed by atoms with Gasteiger partial charge in [0.1, 0.15) is 5.52 Å². The molecule has 2 aromatic rings. The minimum absolute atomic E-state index is 0.522. The van der Waals surface area contributed by atoms with Gasteiger partial charge in [0, 0.05) is 6.54 Å². The molecule has 17 heavy (non-hydrogen) atoms. The van der Waals surface area contributed by atoms with Crippen LogP contribution in [0.2, 0.25) is 0 Å². The molecule has 1 N–H and O–H groups in total. The first-order valence-corrected chi connectivity index (χ1v) is 5.61. The topological polar surface area (TPSA) is 68.0 Å². The van der Waals surface area contributed by atoms with Crippen LogP contribution in [-0.4, -0.2) is 26.1 Å². The van der Waals surface area contributed by atoms with Crippen LogP contribution in [0.3, 0.4) is 0 Å². The highest BCUT2D eigenvalue weighted by atomic mass is 16.4. The summed E-state index contributed by atoms with van der Waals surface area (Å²) in [5.74, 6) is -1.35. The van der Waals surface area contributed by atoms with Gasteiger partial charge in [-0.1, -0.05) is 11.3 Å². The van der Waals surface area contributed by atoms with Gasteiger partial charge in [-0.2, -0.15) is 0 Å². The molecule has 90 valence electrons. The average Bonchev–Trinajstić information content (AvgIpc) is 2.72. The van der Waals surface area contributed by atoms with Gasteiger partial charge in [-0.05, 0) is 38.0 Å². The van der Waals surface area contributed by atoms with Gasteiger partial charge in [0.15, 0.2) is 0 Å². The molecule has 2 rings (SSSR count). The Morgan fingerprint density at radius 1 is 1.53 bits per heavy atom. The molecule has 0 saturated carbocycles. The van der Waals surface area contributed by atoms with E-state index in [1.807, 2.05) is 26.0 Å².